The van der Waals surface area contributed by atoms with E-state index in [1.54, 1.807) is 25.1 Å². The Kier molecular flexibility index (Phi) is 5.35. The van der Waals surface area contributed by atoms with Crippen molar-refractivity contribution in [2.75, 3.05) is 25.5 Å². The van der Waals surface area contributed by atoms with E-state index in [0.717, 1.165) is 5.56 Å². The monoisotopic (exact) mass is 317 g/mol. The molecule has 0 aliphatic carbocycles. The van der Waals surface area contributed by atoms with Gasteiger partial charge in [0.2, 0.25) is 5.91 Å². The molecule has 7 heteroatoms. The molecule has 0 aliphatic rings. The van der Waals surface area contributed by atoms with E-state index in [0.29, 0.717) is 17.3 Å². The molecule has 1 heterocycles. The normalized spacial score (nSPS) is 10.2. The maximum absolute atomic E-state index is 12.0. The van der Waals surface area contributed by atoms with Crippen LogP contribution < -0.4 is 10.1 Å². The molecular weight excluding hydrogens is 298 g/mol. The Labute approximate surface area is 134 Å². The molecule has 0 fully saturated rings. The molecule has 2 amide bonds. The van der Waals surface area contributed by atoms with Crippen molar-refractivity contribution in [1.29, 1.82) is 0 Å². The van der Waals surface area contributed by atoms with E-state index in [1.165, 1.54) is 11.9 Å². The van der Waals surface area contributed by atoms with E-state index in [2.05, 4.69) is 10.5 Å². The van der Waals surface area contributed by atoms with Crippen molar-refractivity contribution >= 4 is 17.6 Å². The minimum absolute atomic E-state index is 0.0952. The number of amides is 2. The number of rotatable bonds is 6. The Bertz CT molecular complexity index is 679. The summed E-state index contributed by atoms with van der Waals surface area (Å²) in [6.45, 7) is 3.47. The summed E-state index contributed by atoms with van der Waals surface area (Å²) in [5, 5.41) is 6.21. The van der Waals surface area contributed by atoms with E-state index >= 15 is 0 Å². The highest BCUT2D eigenvalue weighted by atomic mass is 16.5. The molecule has 1 aromatic heterocycles. The maximum Gasteiger partial charge on any atom is 0.260 e. The zero-order valence-electron chi connectivity index (χ0n) is 13.3. The first-order valence-corrected chi connectivity index (χ1v) is 7.10. The Morgan fingerprint density at radius 2 is 1.96 bits per heavy atom. The molecule has 1 N–H and O–H groups in total. The number of benzene rings is 1. The molecule has 1 aromatic carbocycles. The van der Waals surface area contributed by atoms with Crippen LogP contribution in [0.25, 0.3) is 0 Å². The van der Waals surface area contributed by atoms with Crippen LogP contribution in [-0.2, 0) is 9.59 Å². The summed E-state index contributed by atoms with van der Waals surface area (Å²) in [6, 6.07) is 8.98. The maximum atomic E-state index is 12.0. The minimum Gasteiger partial charge on any atom is -0.484 e. The average Bonchev–Trinajstić information content (AvgIpc) is 2.91. The Hall–Kier alpha value is -2.83. The Morgan fingerprint density at radius 3 is 2.57 bits per heavy atom. The highest BCUT2D eigenvalue weighted by Gasteiger charge is 2.14. The van der Waals surface area contributed by atoms with Crippen molar-refractivity contribution in [1.82, 2.24) is 10.1 Å². The van der Waals surface area contributed by atoms with Crippen LogP contribution in [0.4, 0.5) is 5.82 Å². The third kappa shape index (κ3) is 5.14. The predicted molar refractivity (Wildman–Crippen MR) is 84.2 cm³/mol. The summed E-state index contributed by atoms with van der Waals surface area (Å²) in [5.41, 5.74) is 1.11. The number of nitrogens with zero attached hydrogens (tertiary/aromatic N) is 2. The number of hydrogen-bond donors (Lipinski definition) is 1. The lowest BCUT2D eigenvalue weighted by Crippen LogP contribution is -2.37. The number of anilines is 1. The lowest BCUT2D eigenvalue weighted by molar-refractivity contribution is -0.135. The van der Waals surface area contributed by atoms with Gasteiger partial charge in [-0.1, -0.05) is 22.9 Å². The highest BCUT2D eigenvalue weighted by Crippen LogP contribution is 2.11. The molecule has 0 radical (unpaired) electrons. The van der Waals surface area contributed by atoms with Gasteiger partial charge in [-0.3, -0.25) is 9.59 Å². The first kappa shape index (κ1) is 16.5. The van der Waals surface area contributed by atoms with Crippen molar-refractivity contribution in [3.63, 3.8) is 0 Å². The number of aromatic nitrogens is 1. The van der Waals surface area contributed by atoms with Gasteiger partial charge in [0, 0.05) is 13.1 Å². The number of nitrogens with one attached hydrogen (secondary N) is 1. The third-order valence-electron chi connectivity index (χ3n) is 3.09. The van der Waals surface area contributed by atoms with E-state index in [9.17, 15) is 9.59 Å². The molecule has 0 saturated heterocycles. The molecule has 122 valence electrons. The quantitative estimate of drug-likeness (QED) is 0.877. The first-order valence-electron chi connectivity index (χ1n) is 7.10. The first-order chi connectivity index (χ1) is 10.9. The molecule has 2 rings (SSSR count). The second-order valence-corrected chi connectivity index (χ2v) is 5.22. The number of ether oxygens (including phenoxy) is 1. The standard InChI is InChI=1S/C16H19N3O4/c1-11-4-6-13(7-5-11)22-10-16(21)19(3)9-15(20)17-14-8-12(2)23-18-14/h4-8H,9-10H2,1-3H3,(H,17,18,20). The van der Waals surface area contributed by atoms with Crippen LogP contribution in [0.15, 0.2) is 34.9 Å². The van der Waals surface area contributed by atoms with Gasteiger partial charge in [-0.25, -0.2) is 0 Å². The van der Waals surface area contributed by atoms with E-state index in [-0.39, 0.29) is 25.0 Å². The van der Waals surface area contributed by atoms with E-state index < -0.39 is 0 Å². The summed E-state index contributed by atoms with van der Waals surface area (Å²) in [4.78, 5) is 25.1. The van der Waals surface area contributed by atoms with E-state index in [4.69, 9.17) is 9.26 Å². The molecule has 0 aliphatic heterocycles. The van der Waals surface area contributed by atoms with Crippen LogP contribution in [0.2, 0.25) is 0 Å². The zero-order chi connectivity index (χ0) is 16.8. The lowest BCUT2D eigenvalue weighted by atomic mass is 10.2. The SMILES string of the molecule is Cc1ccc(OCC(=O)N(C)CC(=O)Nc2cc(C)on2)cc1. The van der Waals surface area contributed by atoms with E-state index in [1.807, 2.05) is 19.1 Å². The zero-order valence-corrected chi connectivity index (χ0v) is 13.3. The summed E-state index contributed by atoms with van der Waals surface area (Å²) < 4.78 is 10.2. The molecule has 2 aromatic rings. The molecule has 0 bridgehead atoms. The second kappa shape index (κ2) is 7.44. The predicted octanol–water partition coefficient (Wildman–Crippen LogP) is 1.77. The van der Waals surface area contributed by atoms with Gasteiger partial charge in [-0.05, 0) is 26.0 Å². The molecule has 0 atom stereocenters. The molecule has 23 heavy (non-hydrogen) atoms. The fourth-order valence-corrected chi connectivity index (χ4v) is 1.80. The average molecular weight is 317 g/mol. The van der Waals surface area contributed by atoms with Crippen LogP contribution in [0.3, 0.4) is 0 Å². The minimum atomic E-state index is -0.357. The van der Waals surface area contributed by atoms with Crippen molar-refractivity contribution in [2.24, 2.45) is 0 Å². The summed E-state index contributed by atoms with van der Waals surface area (Å²) in [7, 11) is 1.54. The molecule has 0 spiro atoms. The van der Waals surface area contributed by atoms with Gasteiger partial charge in [0.05, 0.1) is 6.54 Å². The van der Waals surface area contributed by atoms with Gasteiger partial charge < -0.3 is 19.5 Å². The summed E-state index contributed by atoms with van der Waals surface area (Å²) in [6.07, 6.45) is 0. The van der Waals surface area contributed by atoms with Crippen LogP contribution in [0.5, 0.6) is 5.75 Å². The highest BCUT2D eigenvalue weighted by molar-refractivity contribution is 5.93. The smallest absolute Gasteiger partial charge is 0.260 e. The van der Waals surface area contributed by atoms with Gasteiger partial charge in [-0.15, -0.1) is 0 Å². The van der Waals surface area contributed by atoms with Crippen LogP contribution >= 0.6 is 0 Å². The van der Waals surface area contributed by atoms with Crippen molar-refractivity contribution in [2.45, 2.75) is 13.8 Å². The number of likely N-dealkylation sites (N-methyl/N-ethyl adjacent to an activating group) is 1. The van der Waals surface area contributed by atoms with Crippen molar-refractivity contribution < 1.29 is 18.8 Å². The van der Waals surface area contributed by atoms with Crippen LogP contribution in [0, 0.1) is 13.8 Å². The van der Waals surface area contributed by atoms with Crippen LogP contribution in [-0.4, -0.2) is 42.1 Å². The lowest BCUT2D eigenvalue weighted by Gasteiger charge is -2.16. The molecule has 0 saturated carbocycles. The fraction of sp³-hybridized carbons (Fsp3) is 0.312. The molecule has 7 nitrogen and oxygen atoms in total. The molecule has 0 unspecified atom stereocenters. The van der Waals surface area contributed by atoms with Crippen molar-refractivity contribution in [3.05, 3.63) is 41.7 Å². The van der Waals surface area contributed by atoms with Gasteiger partial charge in [0.15, 0.2) is 12.4 Å². The Morgan fingerprint density at radius 1 is 1.26 bits per heavy atom. The van der Waals surface area contributed by atoms with Gasteiger partial charge in [0.1, 0.15) is 11.5 Å². The fourth-order valence-electron chi connectivity index (χ4n) is 1.80. The number of carbonyl (C=O) groups excluding carboxylic acids is 2. The van der Waals surface area contributed by atoms with Gasteiger partial charge >= 0.3 is 0 Å². The second-order valence-electron chi connectivity index (χ2n) is 5.22. The molecular formula is C16H19N3O4. The summed E-state index contributed by atoms with van der Waals surface area (Å²) in [5.74, 6) is 0.877. The van der Waals surface area contributed by atoms with Gasteiger partial charge in [-0.2, -0.15) is 0 Å². The van der Waals surface area contributed by atoms with Gasteiger partial charge in [0.25, 0.3) is 5.91 Å². The summed E-state index contributed by atoms with van der Waals surface area (Å²) >= 11 is 0. The Balaban J connectivity index is 1.77. The number of hydrogen-bond acceptors (Lipinski definition) is 5. The largest absolute Gasteiger partial charge is 0.484 e. The van der Waals surface area contributed by atoms with Crippen molar-refractivity contribution in [3.8, 4) is 5.75 Å². The number of aryl methyl sites for hydroxylation is 2. The topological polar surface area (TPSA) is 84.7 Å². The van der Waals surface area contributed by atoms with Crippen LogP contribution in [0.1, 0.15) is 11.3 Å². The number of carbonyl (C=O) groups is 2. The third-order valence-corrected chi connectivity index (χ3v) is 3.09.